The van der Waals surface area contributed by atoms with Crippen molar-refractivity contribution in [2.24, 2.45) is 4.99 Å². The van der Waals surface area contributed by atoms with Crippen LogP contribution in [0.3, 0.4) is 0 Å². The van der Waals surface area contributed by atoms with E-state index in [1.165, 1.54) is 38.5 Å². The van der Waals surface area contributed by atoms with Gasteiger partial charge in [-0.15, -0.1) is 24.0 Å². The summed E-state index contributed by atoms with van der Waals surface area (Å²) in [5.41, 5.74) is 0. The zero-order chi connectivity index (χ0) is 18.7. The first-order valence-corrected chi connectivity index (χ1v) is 10.8. The predicted octanol–water partition coefficient (Wildman–Crippen LogP) is 3.94. The van der Waals surface area contributed by atoms with E-state index in [4.69, 9.17) is 14.1 Å². The third-order valence-electron chi connectivity index (χ3n) is 5.49. The summed E-state index contributed by atoms with van der Waals surface area (Å²) in [4.78, 5) is 7.33. The maximum atomic E-state index is 5.94. The molecule has 28 heavy (non-hydrogen) atoms. The van der Waals surface area contributed by atoms with Gasteiger partial charge in [0.15, 0.2) is 5.96 Å². The number of likely N-dealkylation sites (tertiary alicyclic amines) is 1. The molecule has 0 radical (unpaired) electrons. The van der Waals surface area contributed by atoms with Crippen molar-refractivity contribution < 1.29 is 9.15 Å². The second-order valence-corrected chi connectivity index (χ2v) is 7.55. The zero-order valence-corrected chi connectivity index (χ0v) is 19.5. The van der Waals surface area contributed by atoms with Crippen LogP contribution in [0.2, 0.25) is 0 Å². The first kappa shape index (κ1) is 23.5. The van der Waals surface area contributed by atoms with E-state index >= 15 is 0 Å². The molecular formula is C21H37IN4O2. The molecule has 0 spiro atoms. The van der Waals surface area contributed by atoms with Gasteiger partial charge in [-0.3, -0.25) is 9.89 Å². The Labute approximate surface area is 186 Å². The van der Waals surface area contributed by atoms with Crippen LogP contribution in [0.25, 0.3) is 0 Å². The third-order valence-corrected chi connectivity index (χ3v) is 5.49. The molecular weight excluding hydrogens is 467 g/mol. The van der Waals surface area contributed by atoms with E-state index in [9.17, 15) is 0 Å². The van der Waals surface area contributed by atoms with Crippen molar-refractivity contribution in [3.8, 4) is 0 Å². The van der Waals surface area contributed by atoms with Crippen molar-refractivity contribution in [3.63, 3.8) is 0 Å². The molecule has 0 aromatic carbocycles. The summed E-state index contributed by atoms with van der Waals surface area (Å²) in [5, 5.41) is 6.80. The predicted molar refractivity (Wildman–Crippen MR) is 124 cm³/mol. The molecule has 1 saturated heterocycles. The Kier molecular flexibility index (Phi) is 11.3. The van der Waals surface area contributed by atoms with Gasteiger partial charge in [-0.1, -0.05) is 12.8 Å². The minimum atomic E-state index is 0. The summed E-state index contributed by atoms with van der Waals surface area (Å²) in [6, 6.07) is 4.26. The summed E-state index contributed by atoms with van der Waals surface area (Å²) < 4.78 is 11.6. The maximum absolute atomic E-state index is 5.94. The van der Waals surface area contributed by atoms with Crippen LogP contribution in [-0.2, 0) is 4.74 Å². The lowest BCUT2D eigenvalue weighted by atomic mass is 10.2. The fourth-order valence-electron chi connectivity index (χ4n) is 4.02. The van der Waals surface area contributed by atoms with Gasteiger partial charge in [0, 0.05) is 19.7 Å². The third kappa shape index (κ3) is 7.55. The van der Waals surface area contributed by atoms with E-state index in [2.05, 4.69) is 28.5 Å². The molecule has 1 atom stereocenters. The normalized spacial score (nSPS) is 19.5. The minimum absolute atomic E-state index is 0. The van der Waals surface area contributed by atoms with Gasteiger partial charge in [-0.05, 0) is 64.3 Å². The van der Waals surface area contributed by atoms with Gasteiger partial charge in [0.1, 0.15) is 5.76 Å². The summed E-state index contributed by atoms with van der Waals surface area (Å²) in [6.45, 7) is 7.64. The minimum Gasteiger partial charge on any atom is -0.468 e. The van der Waals surface area contributed by atoms with E-state index in [-0.39, 0.29) is 30.0 Å². The number of hydrogen-bond donors (Lipinski definition) is 2. The molecule has 1 unspecified atom stereocenters. The monoisotopic (exact) mass is 504 g/mol. The highest BCUT2D eigenvalue weighted by molar-refractivity contribution is 14.0. The molecule has 0 amide bonds. The number of ether oxygens (including phenoxy) is 1. The van der Waals surface area contributed by atoms with Crippen molar-refractivity contribution in [2.45, 2.75) is 64.0 Å². The Hall–Kier alpha value is -0.800. The largest absolute Gasteiger partial charge is 0.468 e. The average molecular weight is 504 g/mol. The molecule has 2 fully saturated rings. The molecule has 1 aromatic heterocycles. The van der Waals surface area contributed by atoms with Crippen LogP contribution in [0.1, 0.15) is 63.7 Å². The number of aliphatic imine (C=N–C) groups is 1. The van der Waals surface area contributed by atoms with E-state index in [0.29, 0.717) is 12.6 Å². The van der Waals surface area contributed by atoms with Gasteiger partial charge in [-0.25, -0.2) is 0 Å². The van der Waals surface area contributed by atoms with Crippen molar-refractivity contribution in [1.29, 1.82) is 0 Å². The number of guanidine groups is 1. The number of nitrogens with one attached hydrogen (secondary N) is 2. The first-order chi connectivity index (χ1) is 13.4. The Morgan fingerprint density at radius 2 is 2.04 bits per heavy atom. The summed E-state index contributed by atoms with van der Waals surface area (Å²) >= 11 is 0. The van der Waals surface area contributed by atoms with Gasteiger partial charge < -0.3 is 19.8 Å². The Morgan fingerprint density at radius 1 is 1.25 bits per heavy atom. The highest BCUT2D eigenvalue weighted by atomic mass is 127. The Morgan fingerprint density at radius 3 is 2.71 bits per heavy atom. The topological polar surface area (TPSA) is 62.0 Å². The van der Waals surface area contributed by atoms with Gasteiger partial charge in [0.05, 0.1) is 25.0 Å². The van der Waals surface area contributed by atoms with Gasteiger partial charge in [-0.2, -0.15) is 0 Å². The van der Waals surface area contributed by atoms with Crippen molar-refractivity contribution >= 4 is 29.9 Å². The molecule has 3 rings (SSSR count). The van der Waals surface area contributed by atoms with E-state index < -0.39 is 0 Å². The molecule has 1 saturated carbocycles. The number of nitrogens with zero attached hydrogens (tertiary/aromatic N) is 2. The van der Waals surface area contributed by atoms with Crippen LogP contribution in [-0.4, -0.2) is 56.3 Å². The van der Waals surface area contributed by atoms with Gasteiger partial charge in [0.2, 0.25) is 0 Å². The van der Waals surface area contributed by atoms with E-state index in [1.54, 1.807) is 6.26 Å². The maximum Gasteiger partial charge on any atom is 0.191 e. The SMILES string of the molecule is CCNC(=NCC(c1ccco1)N1CCCC1)NCCCOC1CCCC1.I. The fraction of sp³-hybridized carbons (Fsp3) is 0.762. The molecule has 1 aliphatic carbocycles. The fourth-order valence-corrected chi connectivity index (χ4v) is 4.02. The number of halogens is 1. The van der Waals surface area contributed by atoms with Crippen LogP contribution < -0.4 is 10.6 Å². The molecule has 1 aromatic rings. The Bertz CT molecular complexity index is 541. The van der Waals surface area contributed by atoms with Crippen molar-refractivity contribution in [1.82, 2.24) is 15.5 Å². The molecule has 2 heterocycles. The molecule has 160 valence electrons. The van der Waals surface area contributed by atoms with Crippen molar-refractivity contribution in [3.05, 3.63) is 24.2 Å². The molecule has 1 aliphatic heterocycles. The number of rotatable bonds is 10. The van der Waals surface area contributed by atoms with Crippen LogP contribution in [0.15, 0.2) is 27.8 Å². The molecule has 0 bridgehead atoms. The summed E-state index contributed by atoms with van der Waals surface area (Å²) in [6.07, 6.45) is 10.9. The highest BCUT2D eigenvalue weighted by Gasteiger charge is 2.25. The lowest BCUT2D eigenvalue weighted by Crippen LogP contribution is -2.39. The molecule has 2 N–H and O–H groups in total. The van der Waals surface area contributed by atoms with E-state index in [0.717, 1.165) is 50.9 Å². The molecule has 7 heteroatoms. The summed E-state index contributed by atoms with van der Waals surface area (Å²) in [7, 11) is 0. The standard InChI is InChI=1S/C21H36N4O2.HI/c1-2-22-21(23-12-8-16-26-18-9-3-4-10-18)24-17-19(20-11-7-15-27-20)25-13-5-6-14-25;/h7,11,15,18-19H,2-6,8-10,12-14,16-17H2,1H3,(H2,22,23,24);1H. The lowest BCUT2D eigenvalue weighted by Gasteiger charge is -2.24. The van der Waals surface area contributed by atoms with Crippen LogP contribution >= 0.6 is 24.0 Å². The number of furan rings is 1. The first-order valence-electron chi connectivity index (χ1n) is 10.8. The molecule has 6 nitrogen and oxygen atoms in total. The second kappa shape index (κ2) is 13.4. The average Bonchev–Trinajstić information content (AvgIpc) is 3.44. The second-order valence-electron chi connectivity index (χ2n) is 7.55. The zero-order valence-electron chi connectivity index (χ0n) is 17.2. The smallest absolute Gasteiger partial charge is 0.191 e. The van der Waals surface area contributed by atoms with Gasteiger partial charge in [0.25, 0.3) is 0 Å². The Balaban J connectivity index is 0.00000280. The molecule has 2 aliphatic rings. The van der Waals surface area contributed by atoms with Crippen LogP contribution in [0.5, 0.6) is 0 Å². The van der Waals surface area contributed by atoms with Gasteiger partial charge >= 0.3 is 0 Å². The number of hydrogen-bond acceptors (Lipinski definition) is 4. The quantitative estimate of drug-likeness (QED) is 0.219. The summed E-state index contributed by atoms with van der Waals surface area (Å²) in [5.74, 6) is 1.90. The van der Waals surface area contributed by atoms with E-state index in [1.807, 2.05) is 6.07 Å². The van der Waals surface area contributed by atoms with Crippen molar-refractivity contribution in [2.75, 3.05) is 39.3 Å². The highest BCUT2D eigenvalue weighted by Crippen LogP contribution is 2.25. The van der Waals surface area contributed by atoms with Crippen LogP contribution in [0.4, 0.5) is 0 Å². The van der Waals surface area contributed by atoms with Crippen LogP contribution in [0, 0.1) is 0 Å². The lowest BCUT2D eigenvalue weighted by molar-refractivity contribution is 0.0574.